The molecule has 0 aromatic rings. The van der Waals surface area contributed by atoms with Crippen LogP contribution < -0.4 is 32.3 Å². The van der Waals surface area contributed by atoms with Gasteiger partial charge >= 0.3 is 114 Å². The van der Waals surface area contributed by atoms with Gasteiger partial charge in [-0.1, -0.05) is 0 Å². The van der Waals surface area contributed by atoms with Gasteiger partial charge in [0.2, 0.25) is 0 Å². The molecular weight excluding hydrogens is 343 g/mol. The van der Waals surface area contributed by atoms with Crippen LogP contribution in [0.2, 0.25) is 0 Å². The number of alkyl halides is 2. The SMILES string of the molecule is CCOC(=O)/C(N)=C(\C)CNC/C=C\CC[I-]C. The fraction of sp³-hybridized carbons (Fsp3) is 0.615. The molecule has 5 heteroatoms. The summed E-state index contributed by atoms with van der Waals surface area (Å²) < 4.78 is 6.17. The van der Waals surface area contributed by atoms with E-state index in [-0.39, 0.29) is 5.70 Å². The first-order valence-corrected chi connectivity index (χ1v) is 9.73. The molecule has 0 saturated heterocycles. The van der Waals surface area contributed by atoms with Crippen LogP contribution in [0.25, 0.3) is 0 Å². The van der Waals surface area contributed by atoms with Gasteiger partial charge in [0.05, 0.1) is 0 Å². The average Bonchev–Trinajstić information content (AvgIpc) is 2.36. The third-order valence-corrected chi connectivity index (χ3v) is 3.94. The van der Waals surface area contributed by atoms with E-state index in [0.29, 0.717) is 34.4 Å². The topological polar surface area (TPSA) is 64.3 Å². The van der Waals surface area contributed by atoms with Crippen LogP contribution in [-0.2, 0) is 9.53 Å². The van der Waals surface area contributed by atoms with E-state index in [0.717, 1.165) is 12.1 Å². The Bertz CT molecular complexity index is 301. The predicted molar refractivity (Wildman–Crippen MR) is 70.9 cm³/mol. The molecule has 0 heterocycles. The van der Waals surface area contributed by atoms with Crippen molar-refractivity contribution < 1.29 is 30.7 Å². The zero-order chi connectivity index (χ0) is 13.8. The molecule has 0 atom stereocenters. The Morgan fingerprint density at radius 1 is 1.44 bits per heavy atom. The summed E-state index contributed by atoms with van der Waals surface area (Å²) in [6.45, 7) is 5.36. The second-order valence-electron chi connectivity index (χ2n) is 3.76. The Hall–Kier alpha value is -0.560. The van der Waals surface area contributed by atoms with Gasteiger partial charge in [-0.3, -0.25) is 0 Å². The van der Waals surface area contributed by atoms with Crippen LogP contribution in [0.3, 0.4) is 0 Å². The number of carbonyl (C=O) groups is 1. The zero-order valence-corrected chi connectivity index (χ0v) is 13.6. The molecule has 4 nitrogen and oxygen atoms in total. The third kappa shape index (κ3) is 8.52. The second-order valence-corrected chi connectivity index (χ2v) is 6.37. The Balaban J connectivity index is 3.87. The summed E-state index contributed by atoms with van der Waals surface area (Å²) in [7, 11) is 0. The molecule has 0 fully saturated rings. The number of allylic oxidation sites excluding steroid dienone is 1. The van der Waals surface area contributed by atoms with Crippen molar-refractivity contribution in [3.63, 3.8) is 0 Å². The van der Waals surface area contributed by atoms with Crippen molar-refractivity contribution in [2.24, 2.45) is 5.73 Å². The van der Waals surface area contributed by atoms with Gasteiger partial charge in [0.1, 0.15) is 0 Å². The van der Waals surface area contributed by atoms with Gasteiger partial charge in [-0.2, -0.15) is 0 Å². The molecule has 0 aliphatic heterocycles. The quantitative estimate of drug-likeness (QED) is 0.124. The number of rotatable bonds is 9. The van der Waals surface area contributed by atoms with Crippen molar-refractivity contribution in [2.45, 2.75) is 20.3 Å². The molecule has 0 aliphatic rings. The number of halogens is 1. The molecular formula is C13H24IN2O2-. The summed E-state index contributed by atoms with van der Waals surface area (Å²) in [4.78, 5) is 13.6. The van der Waals surface area contributed by atoms with E-state index >= 15 is 0 Å². The van der Waals surface area contributed by atoms with Crippen molar-refractivity contribution in [3.8, 4) is 0 Å². The number of hydrogen-bond acceptors (Lipinski definition) is 4. The average molecular weight is 367 g/mol. The van der Waals surface area contributed by atoms with E-state index in [9.17, 15) is 4.79 Å². The first-order valence-electron chi connectivity index (χ1n) is 6.05. The Kier molecular flexibility index (Phi) is 11.2. The van der Waals surface area contributed by atoms with E-state index in [2.05, 4.69) is 22.4 Å². The Morgan fingerprint density at radius 3 is 2.78 bits per heavy atom. The molecule has 0 rings (SSSR count). The molecule has 0 aromatic heterocycles. The maximum atomic E-state index is 11.3. The van der Waals surface area contributed by atoms with Gasteiger partial charge in [0.25, 0.3) is 0 Å². The van der Waals surface area contributed by atoms with Crippen LogP contribution in [-0.4, -0.2) is 35.0 Å². The number of nitrogens with two attached hydrogens (primary N) is 1. The molecule has 0 spiro atoms. The number of hydrogen-bond donors (Lipinski definition) is 2. The molecule has 0 aromatic carbocycles. The van der Waals surface area contributed by atoms with E-state index in [1.807, 2.05) is 6.92 Å². The zero-order valence-electron chi connectivity index (χ0n) is 11.5. The molecule has 0 bridgehead atoms. The Labute approximate surface area is 120 Å². The fourth-order valence-corrected chi connectivity index (χ4v) is 2.18. The van der Waals surface area contributed by atoms with Gasteiger partial charge in [0, 0.05) is 0 Å². The molecule has 106 valence electrons. The van der Waals surface area contributed by atoms with Crippen LogP contribution in [0, 0.1) is 0 Å². The van der Waals surface area contributed by atoms with Crippen molar-refractivity contribution >= 4 is 5.97 Å². The van der Waals surface area contributed by atoms with Gasteiger partial charge < -0.3 is 0 Å². The van der Waals surface area contributed by atoms with Crippen LogP contribution in [0.5, 0.6) is 0 Å². The van der Waals surface area contributed by atoms with E-state index < -0.39 is 5.97 Å². The van der Waals surface area contributed by atoms with Gasteiger partial charge in [-0.15, -0.1) is 0 Å². The van der Waals surface area contributed by atoms with Gasteiger partial charge in [-0.05, 0) is 6.92 Å². The molecule has 0 radical (unpaired) electrons. The maximum absolute atomic E-state index is 11.3. The van der Waals surface area contributed by atoms with E-state index in [1.54, 1.807) is 6.92 Å². The standard InChI is InChI=1S/C13H24IN2O2/c1-4-18-13(17)12(15)11(2)10-16-9-7-5-6-8-14-3/h5,7,16H,4,6,8-10,15H2,1-3H3/q-1/b7-5-,12-11-. The van der Waals surface area contributed by atoms with Crippen LogP contribution in [0.4, 0.5) is 0 Å². The minimum absolute atomic E-state index is 0.212. The molecule has 3 N–H and O–H groups in total. The normalized spacial score (nSPS) is 12.8. The van der Waals surface area contributed by atoms with Crippen molar-refractivity contribution in [1.82, 2.24) is 5.32 Å². The number of carbonyl (C=O) groups excluding carboxylic acids is 1. The number of nitrogens with one attached hydrogen (secondary N) is 1. The molecule has 0 amide bonds. The summed E-state index contributed by atoms with van der Waals surface area (Å²) in [5, 5.41) is 3.22. The summed E-state index contributed by atoms with van der Waals surface area (Å²) in [6, 6.07) is 0. The second kappa shape index (κ2) is 11.5. The first-order chi connectivity index (χ1) is 8.63. The van der Waals surface area contributed by atoms with Crippen molar-refractivity contribution in [1.29, 1.82) is 0 Å². The summed E-state index contributed by atoms with van der Waals surface area (Å²) in [6.07, 6.45) is 5.49. The molecule has 18 heavy (non-hydrogen) atoms. The molecule has 0 unspecified atom stereocenters. The van der Waals surface area contributed by atoms with Crippen LogP contribution in [0.1, 0.15) is 20.3 Å². The van der Waals surface area contributed by atoms with Crippen molar-refractivity contribution in [3.05, 3.63) is 23.4 Å². The third-order valence-electron chi connectivity index (χ3n) is 2.24. The van der Waals surface area contributed by atoms with Crippen molar-refractivity contribution in [2.75, 3.05) is 29.1 Å². The van der Waals surface area contributed by atoms with E-state index in [1.165, 1.54) is 10.8 Å². The number of ether oxygens (including phenoxy) is 1. The van der Waals surface area contributed by atoms with E-state index in [4.69, 9.17) is 10.5 Å². The van der Waals surface area contributed by atoms with Gasteiger partial charge in [-0.25, -0.2) is 0 Å². The monoisotopic (exact) mass is 367 g/mol. The summed E-state index contributed by atoms with van der Waals surface area (Å²) in [5.74, 6) is -0.431. The van der Waals surface area contributed by atoms with Crippen LogP contribution in [0.15, 0.2) is 23.4 Å². The predicted octanol–water partition coefficient (Wildman–Crippen LogP) is -1.96. The molecule has 0 saturated carbocycles. The fourth-order valence-electron chi connectivity index (χ4n) is 1.19. The summed E-state index contributed by atoms with van der Waals surface area (Å²) >= 11 is 0.403. The summed E-state index contributed by atoms with van der Waals surface area (Å²) in [5.41, 5.74) is 6.71. The Morgan fingerprint density at radius 2 is 2.17 bits per heavy atom. The van der Waals surface area contributed by atoms with Gasteiger partial charge in [0.15, 0.2) is 0 Å². The minimum atomic E-state index is -0.431. The first kappa shape index (κ1) is 17.4. The molecule has 0 aliphatic carbocycles. The number of esters is 1. The van der Waals surface area contributed by atoms with Crippen LogP contribution >= 0.6 is 0 Å².